The molecule has 0 aliphatic rings. The highest BCUT2D eigenvalue weighted by atomic mass is 32.1. The van der Waals surface area contributed by atoms with Crippen molar-refractivity contribution in [1.82, 2.24) is 9.80 Å². The van der Waals surface area contributed by atoms with E-state index in [2.05, 4.69) is 5.32 Å². The smallest absolute Gasteiger partial charge is 0.322 e. The number of nitrogens with one attached hydrogen (secondary N) is 1. The van der Waals surface area contributed by atoms with Crippen LogP contribution in [0, 0.1) is 5.82 Å². The van der Waals surface area contributed by atoms with Gasteiger partial charge in [0.05, 0.1) is 12.2 Å². The van der Waals surface area contributed by atoms with Gasteiger partial charge in [0.25, 0.3) is 0 Å². The number of hydrogen-bond donors (Lipinski definition) is 1. The molecule has 5 nitrogen and oxygen atoms in total. The fourth-order valence-corrected chi connectivity index (χ4v) is 3.99. The Hall–Kier alpha value is -3.19. The van der Waals surface area contributed by atoms with E-state index >= 15 is 0 Å². The number of rotatable bonds is 9. The Labute approximate surface area is 192 Å². The Kier molecular flexibility index (Phi) is 8.39. The van der Waals surface area contributed by atoms with Gasteiger partial charge in [-0.3, -0.25) is 4.79 Å². The summed E-state index contributed by atoms with van der Waals surface area (Å²) in [5, 5.41) is 4.59. The summed E-state index contributed by atoms with van der Waals surface area (Å²) in [5.41, 5.74) is 1.11. The van der Waals surface area contributed by atoms with Crippen molar-refractivity contribution >= 4 is 29.0 Å². The van der Waals surface area contributed by atoms with Crippen LogP contribution in [0.3, 0.4) is 0 Å². The number of para-hydroxylation sites is 1. The van der Waals surface area contributed by atoms with Gasteiger partial charge in [-0.05, 0) is 42.5 Å². The van der Waals surface area contributed by atoms with Crippen molar-refractivity contribution in [2.45, 2.75) is 39.4 Å². The van der Waals surface area contributed by atoms with E-state index in [4.69, 9.17) is 0 Å². The molecule has 1 atom stereocenters. The van der Waals surface area contributed by atoms with Gasteiger partial charge in [-0.2, -0.15) is 0 Å². The average molecular weight is 454 g/mol. The lowest BCUT2D eigenvalue weighted by Crippen LogP contribution is -2.47. The Balaban J connectivity index is 1.77. The number of urea groups is 1. The molecule has 0 fully saturated rings. The molecular weight excluding hydrogens is 425 g/mol. The number of halogens is 1. The Morgan fingerprint density at radius 3 is 2.38 bits per heavy atom. The van der Waals surface area contributed by atoms with Crippen LogP contribution in [0.5, 0.6) is 0 Å². The third-order valence-corrected chi connectivity index (χ3v) is 6.16. The van der Waals surface area contributed by atoms with Crippen LogP contribution in [-0.2, 0) is 17.9 Å². The normalized spacial score (nSPS) is 11.6. The van der Waals surface area contributed by atoms with Gasteiger partial charge in [0.1, 0.15) is 12.4 Å². The Morgan fingerprint density at radius 1 is 1.00 bits per heavy atom. The van der Waals surface area contributed by atoms with Crippen LogP contribution in [0.1, 0.15) is 30.7 Å². The number of carbonyl (C=O) groups is 2. The van der Waals surface area contributed by atoms with E-state index in [9.17, 15) is 14.0 Å². The minimum absolute atomic E-state index is 0.0898. The molecule has 0 saturated heterocycles. The minimum Gasteiger partial charge on any atom is -0.332 e. The number of nitrogens with zero attached hydrogens (tertiary/aromatic N) is 2. The first kappa shape index (κ1) is 23.5. The fourth-order valence-electron chi connectivity index (χ4n) is 3.27. The zero-order chi connectivity index (χ0) is 22.9. The van der Waals surface area contributed by atoms with Gasteiger partial charge in [0.2, 0.25) is 5.91 Å². The first-order valence-electron chi connectivity index (χ1n) is 10.6. The molecule has 0 aliphatic carbocycles. The molecule has 0 radical (unpaired) electrons. The summed E-state index contributed by atoms with van der Waals surface area (Å²) < 4.78 is 14.0. The van der Waals surface area contributed by atoms with Gasteiger partial charge in [0, 0.05) is 17.5 Å². The van der Waals surface area contributed by atoms with Crippen molar-refractivity contribution in [3.8, 4) is 0 Å². The number of amides is 3. The number of thiophene rings is 1. The van der Waals surface area contributed by atoms with Gasteiger partial charge >= 0.3 is 6.03 Å². The lowest BCUT2D eigenvalue weighted by atomic mass is 10.2. The van der Waals surface area contributed by atoms with Crippen molar-refractivity contribution in [1.29, 1.82) is 0 Å². The fraction of sp³-hybridized carbons (Fsp3) is 0.280. The van der Waals surface area contributed by atoms with Crippen molar-refractivity contribution < 1.29 is 14.0 Å². The summed E-state index contributed by atoms with van der Waals surface area (Å²) in [7, 11) is 0. The van der Waals surface area contributed by atoms with Crippen LogP contribution in [0.2, 0.25) is 0 Å². The van der Waals surface area contributed by atoms with Crippen molar-refractivity contribution in [3.05, 3.63) is 88.4 Å². The van der Waals surface area contributed by atoms with E-state index in [1.54, 1.807) is 28.4 Å². The second kappa shape index (κ2) is 11.4. The standard InChI is InChI=1S/C25H28FN3O2S/c1-3-19(2)29(25(31)27-23-14-8-7-13-22(23)26)18-24(30)28(17-21-12-9-15-32-21)16-20-10-5-4-6-11-20/h4-15,19H,3,16-18H2,1-2H3,(H,27,31). The summed E-state index contributed by atoms with van der Waals surface area (Å²) in [6.07, 6.45) is 0.668. The molecule has 32 heavy (non-hydrogen) atoms. The number of carbonyl (C=O) groups excluding carboxylic acids is 2. The van der Waals surface area contributed by atoms with Gasteiger partial charge in [0.15, 0.2) is 0 Å². The summed E-state index contributed by atoms with van der Waals surface area (Å²) in [6.45, 7) is 4.66. The maximum absolute atomic E-state index is 14.0. The summed E-state index contributed by atoms with van der Waals surface area (Å²) in [5.74, 6) is -0.675. The molecule has 3 aromatic rings. The van der Waals surface area contributed by atoms with Crippen LogP contribution in [0.4, 0.5) is 14.9 Å². The van der Waals surface area contributed by atoms with Crippen LogP contribution in [0.15, 0.2) is 72.1 Å². The molecular formula is C25H28FN3O2S. The molecule has 0 bridgehead atoms. The first-order chi connectivity index (χ1) is 15.5. The topological polar surface area (TPSA) is 52.7 Å². The second-order valence-electron chi connectivity index (χ2n) is 7.61. The highest BCUT2D eigenvalue weighted by molar-refractivity contribution is 7.09. The maximum atomic E-state index is 14.0. The zero-order valence-corrected chi connectivity index (χ0v) is 19.1. The van der Waals surface area contributed by atoms with E-state index in [1.807, 2.05) is 61.7 Å². The summed E-state index contributed by atoms with van der Waals surface area (Å²) in [6, 6.07) is 19.1. The van der Waals surface area contributed by atoms with Crippen molar-refractivity contribution in [3.63, 3.8) is 0 Å². The predicted molar refractivity (Wildman–Crippen MR) is 127 cm³/mol. The quantitative estimate of drug-likeness (QED) is 0.449. The lowest BCUT2D eigenvalue weighted by Gasteiger charge is -2.31. The number of anilines is 1. The molecule has 1 N–H and O–H groups in total. The van der Waals surface area contributed by atoms with Gasteiger partial charge in [-0.1, -0.05) is 55.5 Å². The second-order valence-corrected chi connectivity index (χ2v) is 8.64. The average Bonchev–Trinajstić information content (AvgIpc) is 3.31. The van der Waals surface area contributed by atoms with E-state index in [0.717, 1.165) is 10.4 Å². The molecule has 1 heterocycles. The van der Waals surface area contributed by atoms with E-state index < -0.39 is 11.8 Å². The molecule has 0 spiro atoms. The third-order valence-electron chi connectivity index (χ3n) is 5.30. The Bertz CT molecular complexity index is 1010. The van der Waals surface area contributed by atoms with E-state index in [1.165, 1.54) is 17.0 Å². The molecule has 3 amide bonds. The molecule has 2 aromatic carbocycles. The third kappa shape index (κ3) is 6.40. The van der Waals surface area contributed by atoms with Crippen LogP contribution >= 0.6 is 11.3 Å². The van der Waals surface area contributed by atoms with E-state index in [-0.39, 0.29) is 24.2 Å². The highest BCUT2D eigenvalue weighted by Crippen LogP contribution is 2.18. The first-order valence-corrected chi connectivity index (χ1v) is 11.5. The van der Waals surface area contributed by atoms with Crippen LogP contribution < -0.4 is 5.32 Å². The lowest BCUT2D eigenvalue weighted by molar-refractivity contribution is -0.133. The molecule has 7 heteroatoms. The zero-order valence-electron chi connectivity index (χ0n) is 18.3. The highest BCUT2D eigenvalue weighted by Gasteiger charge is 2.26. The largest absolute Gasteiger partial charge is 0.332 e. The van der Waals surface area contributed by atoms with Crippen molar-refractivity contribution in [2.24, 2.45) is 0 Å². The van der Waals surface area contributed by atoms with Crippen LogP contribution in [-0.4, -0.2) is 34.3 Å². The molecule has 168 valence electrons. The summed E-state index contributed by atoms with van der Waals surface area (Å²) in [4.78, 5) is 30.6. The predicted octanol–water partition coefficient (Wildman–Crippen LogP) is 5.75. The maximum Gasteiger partial charge on any atom is 0.322 e. The van der Waals surface area contributed by atoms with Crippen LogP contribution in [0.25, 0.3) is 0 Å². The SMILES string of the molecule is CCC(C)N(CC(=O)N(Cc1ccccc1)Cc1cccs1)C(=O)Nc1ccccc1F. The van der Waals surface area contributed by atoms with Crippen molar-refractivity contribution in [2.75, 3.05) is 11.9 Å². The van der Waals surface area contributed by atoms with Gasteiger partial charge in [-0.15, -0.1) is 11.3 Å². The molecule has 0 saturated carbocycles. The summed E-state index contributed by atoms with van der Waals surface area (Å²) >= 11 is 1.59. The van der Waals surface area contributed by atoms with E-state index in [0.29, 0.717) is 19.5 Å². The number of hydrogen-bond acceptors (Lipinski definition) is 3. The molecule has 3 rings (SSSR count). The minimum atomic E-state index is -0.514. The van der Waals surface area contributed by atoms with Gasteiger partial charge < -0.3 is 15.1 Å². The molecule has 1 unspecified atom stereocenters. The van der Waals surface area contributed by atoms with Gasteiger partial charge in [-0.25, -0.2) is 9.18 Å². The number of benzene rings is 2. The molecule has 1 aromatic heterocycles. The molecule has 0 aliphatic heterocycles. The monoisotopic (exact) mass is 453 g/mol. The Morgan fingerprint density at radius 2 is 1.72 bits per heavy atom.